The van der Waals surface area contributed by atoms with Gasteiger partial charge in [0.1, 0.15) is 5.82 Å². The third-order valence-corrected chi connectivity index (χ3v) is 4.32. The zero-order valence-electron chi connectivity index (χ0n) is 10.3. The molecular formula is C14H18ClFN2. The van der Waals surface area contributed by atoms with Crippen molar-refractivity contribution in [3.05, 3.63) is 34.6 Å². The molecule has 1 aromatic rings. The first-order chi connectivity index (χ1) is 8.72. The van der Waals surface area contributed by atoms with Crippen LogP contribution in [0.5, 0.6) is 0 Å². The van der Waals surface area contributed by atoms with E-state index in [9.17, 15) is 4.39 Å². The molecule has 0 radical (unpaired) electrons. The van der Waals surface area contributed by atoms with Crippen LogP contribution in [0, 0.1) is 11.7 Å². The Labute approximate surface area is 112 Å². The Morgan fingerprint density at radius 1 is 1.39 bits per heavy atom. The van der Waals surface area contributed by atoms with Gasteiger partial charge in [-0.15, -0.1) is 0 Å². The van der Waals surface area contributed by atoms with E-state index < -0.39 is 0 Å². The summed E-state index contributed by atoms with van der Waals surface area (Å²) in [6, 6.07) is 5.57. The van der Waals surface area contributed by atoms with Gasteiger partial charge in [0.15, 0.2) is 0 Å². The van der Waals surface area contributed by atoms with Crippen molar-refractivity contribution < 1.29 is 4.39 Å². The van der Waals surface area contributed by atoms with Crippen molar-refractivity contribution >= 4 is 11.6 Å². The number of nitrogens with zero attached hydrogens (tertiary/aromatic N) is 1. The van der Waals surface area contributed by atoms with Crippen LogP contribution in [0.4, 0.5) is 4.39 Å². The van der Waals surface area contributed by atoms with Crippen LogP contribution in [0.15, 0.2) is 18.2 Å². The summed E-state index contributed by atoms with van der Waals surface area (Å²) in [4.78, 5) is 2.35. The fraction of sp³-hybridized carbons (Fsp3) is 0.571. The molecule has 0 unspecified atom stereocenters. The number of hydrogen-bond donors (Lipinski definition) is 1. The molecule has 2 aliphatic heterocycles. The van der Waals surface area contributed by atoms with E-state index in [1.54, 1.807) is 12.1 Å². The van der Waals surface area contributed by atoms with Gasteiger partial charge in [0.2, 0.25) is 0 Å². The van der Waals surface area contributed by atoms with Gasteiger partial charge < -0.3 is 5.32 Å². The summed E-state index contributed by atoms with van der Waals surface area (Å²) in [5, 5.41) is 4.03. The van der Waals surface area contributed by atoms with Crippen LogP contribution in [0.25, 0.3) is 0 Å². The van der Waals surface area contributed by atoms with Crippen LogP contribution >= 0.6 is 11.6 Å². The van der Waals surface area contributed by atoms with E-state index in [0.29, 0.717) is 17.6 Å². The second kappa shape index (κ2) is 5.16. The van der Waals surface area contributed by atoms with Crippen LogP contribution in [-0.4, -0.2) is 30.6 Å². The first-order valence-corrected chi connectivity index (χ1v) is 7.00. The van der Waals surface area contributed by atoms with Gasteiger partial charge in [-0.25, -0.2) is 4.39 Å². The molecule has 0 aromatic heterocycles. The lowest BCUT2D eigenvalue weighted by molar-refractivity contribution is 0.308. The molecule has 2 saturated heterocycles. The maximum Gasteiger partial charge on any atom is 0.129 e. The van der Waals surface area contributed by atoms with Crippen LogP contribution in [0.3, 0.4) is 0 Å². The van der Waals surface area contributed by atoms with Crippen LogP contribution in [0.1, 0.15) is 18.4 Å². The van der Waals surface area contributed by atoms with Gasteiger partial charge in [0, 0.05) is 36.3 Å². The van der Waals surface area contributed by atoms with Gasteiger partial charge in [-0.3, -0.25) is 4.90 Å². The summed E-state index contributed by atoms with van der Waals surface area (Å²) in [6.07, 6.45) is 2.57. The first kappa shape index (κ1) is 12.4. The molecule has 0 saturated carbocycles. The molecule has 0 aliphatic carbocycles. The fourth-order valence-electron chi connectivity index (χ4n) is 3.16. The lowest BCUT2D eigenvalue weighted by Crippen LogP contribution is -2.40. The highest BCUT2D eigenvalue weighted by molar-refractivity contribution is 6.30. The van der Waals surface area contributed by atoms with Crippen molar-refractivity contribution in [1.82, 2.24) is 10.2 Å². The summed E-state index contributed by atoms with van der Waals surface area (Å²) < 4.78 is 13.7. The smallest absolute Gasteiger partial charge is 0.129 e. The first-order valence-electron chi connectivity index (χ1n) is 6.62. The highest BCUT2D eigenvalue weighted by atomic mass is 35.5. The predicted molar refractivity (Wildman–Crippen MR) is 71.2 cm³/mol. The SMILES string of the molecule is Fc1cc(Cl)ccc1CN1C[C@@H]2CCCN[C@@H]2C1. The molecule has 1 N–H and O–H groups in total. The number of halogens is 2. The van der Waals surface area contributed by atoms with E-state index >= 15 is 0 Å². The maximum absolute atomic E-state index is 13.7. The topological polar surface area (TPSA) is 15.3 Å². The summed E-state index contributed by atoms with van der Waals surface area (Å²) >= 11 is 5.77. The summed E-state index contributed by atoms with van der Waals surface area (Å²) in [6.45, 7) is 3.94. The summed E-state index contributed by atoms with van der Waals surface area (Å²) in [5.41, 5.74) is 0.748. The monoisotopic (exact) mass is 268 g/mol. The molecular weight excluding hydrogens is 251 g/mol. The number of piperidine rings is 1. The number of likely N-dealkylation sites (tertiary alicyclic amines) is 1. The molecule has 1 aromatic carbocycles. The predicted octanol–water partition coefficient (Wildman–Crippen LogP) is 2.66. The lowest BCUT2D eigenvalue weighted by atomic mass is 9.94. The van der Waals surface area contributed by atoms with E-state index in [1.165, 1.54) is 18.9 Å². The standard InChI is InChI=1S/C14H18ClFN2/c15-12-4-3-10(13(16)6-12)7-18-8-11-2-1-5-17-14(11)9-18/h3-4,6,11,14,17H,1-2,5,7-9H2/t11-,14+/m0/s1. The average Bonchev–Trinajstić information content (AvgIpc) is 2.75. The number of benzene rings is 1. The molecule has 4 heteroatoms. The molecule has 2 nitrogen and oxygen atoms in total. The zero-order chi connectivity index (χ0) is 12.5. The van der Waals surface area contributed by atoms with Gasteiger partial charge in [-0.1, -0.05) is 17.7 Å². The highest BCUT2D eigenvalue weighted by Gasteiger charge is 2.34. The summed E-state index contributed by atoms with van der Waals surface area (Å²) in [7, 11) is 0. The fourth-order valence-corrected chi connectivity index (χ4v) is 3.31. The van der Waals surface area contributed by atoms with E-state index in [4.69, 9.17) is 11.6 Å². The highest BCUT2D eigenvalue weighted by Crippen LogP contribution is 2.26. The van der Waals surface area contributed by atoms with Crippen LogP contribution < -0.4 is 5.32 Å². The Morgan fingerprint density at radius 3 is 3.06 bits per heavy atom. The van der Waals surface area contributed by atoms with Crippen molar-refractivity contribution in [2.24, 2.45) is 5.92 Å². The number of rotatable bonds is 2. The van der Waals surface area contributed by atoms with Gasteiger partial charge in [0.05, 0.1) is 0 Å². The quantitative estimate of drug-likeness (QED) is 0.887. The van der Waals surface area contributed by atoms with Crippen molar-refractivity contribution in [3.8, 4) is 0 Å². The largest absolute Gasteiger partial charge is 0.312 e. The molecule has 18 heavy (non-hydrogen) atoms. The van der Waals surface area contributed by atoms with Crippen LogP contribution in [-0.2, 0) is 6.54 Å². The molecule has 2 fully saturated rings. The number of hydrogen-bond acceptors (Lipinski definition) is 2. The molecule has 2 heterocycles. The van der Waals surface area contributed by atoms with Crippen LogP contribution in [0.2, 0.25) is 5.02 Å². The molecule has 2 atom stereocenters. The third kappa shape index (κ3) is 2.53. The van der Waals surface area contributed by atoms with Crippen molar-refractivity contribution in [2.45, 2.75) is 25.4 Å². The van der Waals surface area contributed by atoms with Crippen molar-refractivity contribution in [2.75, 3.05) is 19.6 Å². The second-order valence-electron chi connectivity index (χ2n) is 5.39. The molecule has 3 rings (SSSR count). The average molecular weight is 269 g/mol. The second-order valence-corrected chi connectivity index (χ2v) is 5.83. The van der Waals surface area contributed by atoms with Crippen molar-refractivity contribution in [1.29, 1.82) is 0 Å². The number of fused-ring (bicyclic) bond motifs is 1. The minimum absolute atomic E-state index is 0.190. The molecule has 0 bridgehead atoms. The Morgan fingerprint density at radius 2 is 2.28 bits per heavy atom. The van der Waals surface area contributed by atoms with E-state index in [2.05, 4.69) is 10.2 Å². The minimum atomic E-state index is -0.190. The molecule has 2 aliphatic rings. The summed E-state index contributed by atoms with van der Waals surface area (Å²) in [5.74, 6) is 0.555. The maximum atomic E-state index is 13.7. The Bertz CT molecular complexity index is 424. The van der Waals surface area contributed by atoms with Crippen molar-refractivity contribution in [3.63, 3.8) is 0 Å². The molecule has 0 spiro atoms. The number of nitrogens with one attached hydrogen (secondary N) is 1. The molecule has 98 valence electrons. The van der Waals surface area contributed by atoms with Gasteiger partial charge in [0.25, 0.3) is 0 Å². The van der Waals surface area contributed by atoms with E-state index in [0.717, 1.165) is 31.1 Å². The van der Waals surface area contributed by atoms with E-state index in [1.807, 2.05) is 0 Å². The van der Waals surface area contributed by atoms with Gasteiger partial charge >= 0.3 is 0 Å². The Balaban J connectivity index is 1.66. The normalized spacial score (nSPS) is 28.3. The molecule has 0 amide bonds. The Hall–Kier alpha value is -0.640. The van der Waals surface area contributed by atoms with Gasteiger partial charge in [-0.2, -0.15) is 0 Å². The minimum Gasteiger partial charge on any atom is -0.312 e. The van der Waals surface area contributed by atoms with E-state index in [-0.39, 0.29) is 5.82 Å². The Kier molecular flexibility index (Phi) is 3.55. The van der Waals surface area contributed by atoms with Gasteiger partial charge in [-0.05, 0) is 37.4 Å². The zero-order valence-corrected chi connectivity index (χ0v) is 11.1. The third-order valence-electron chi connectivity index (χ3n) is 4.08. The lowest BCUT2D eigenvalue weighted by Gasteiger charge is -2.24.